The van der Waals surface area contributed by atoms with Crippen LogP contribution in [0.1, 0.15) is 92.9 Å². The van der Waals surface area contributed by atoms with Crippen LogP contribution >= 0.6 is 0 Å². The molecule has 24 heteroatoms. The quantitative estimate of drug-likeness (QED) is 0.0534. The maximum absolute atomic E-state index is 13.6. The summed E-state index contributed by atoms with van der Waals surface area (Å²) < 4.78 is 53.5. The average Bonchev–Trinajstić information content (AvgIpc) is 3.68. The van der Waals surface area contributed by atoms with E-state index < -0.39 is 178 Å². The molecule has 4 aliphatic heterocycles. The van der Waals surface area contributed by atoms with Gasteiger partial charge in [0.1, 0.15) is 97.3 Å². The zero-order valence-corrected chi connectivity index (χ0v) is 43.3. The Hall–Kier alpha value is -1.96. The van der Waals surface area contributed by atoms with Crippen molar-refractivity contribution in [3.05, 3.63) is 11.6 Å². The molecule has 0 aromatic rings. The topological polar surface area (TPSA) is 380 Å². The molecule has 0 unspecified atom stereocenters. The van der Waals surface area contributed by atoms with E-state index in [1.54, 1.807) is 6.92 Å². The van der Waals surface area contributed by atoms with Crippen molar-refractivity contribution < 1.29 is 119 Å². The fourth-order valence-corrected chi connectivity index (χ4v) is 14.0. The second kappa shape index (κ2) is 23.6. The summed E-state index contributed by atoms with van der Waals surface area (Å²) in [4.78, 5) is 27.1. The van der Waals surface area contributed by atoms with E-state index in [1.165, 1.54) is 20.8 Å². The lowest BCUT2D eigenvalue weighted by atomic mass is 9.47. The van der Waals surface area contributed by atoms with Crippen LogP contribution in [-0.4, -0.2) is 239 Å². The Morgan fingerprint density at radius 2 is 1.25 bits per heavy atom. The van der Waals surface area contributed by atoms with Crippen molar-refractivity contribution >= 4 is 11.8 Å². The third-order valence-corrected chi connectivity index (χ3v) is 18.4. The highest BCUT2D eigenvalue weighted by Crippen LogP contribution is 2.67. The largest absolute Gasteiger partial charge is 0.460 e. The lowest BCUT2D eigenvalue weighted by molar-refractivity contribution is -0.388. The number of Topliss-reactive ketones (excluding diaryl/α,β-unsaturated/α-hetero) is 1. The Labute approximate surface area is 435 Å². The van der Waals surface area contributed by atoms with Crippen molar-refractivity contribution in [2.75, 3.05) is 19.8 Å². The Balaban J connectivity index is 0.932. The Kier molecular flexibility index (Phi) is 18.6. The minimum atomic E-state index is -1.79. The van der Waals surface area contributed by atoms with Crippen molar-refractivity contribution in [1.82, 2.24) is 0 Å². The number of ether oxygens (including phenoxy) is 9. The second-order valence-electron chi connectivity index (χ2n) is 23.3. The van der Waals surface area contributed by atoms with Gasteiger partial charge in [0.2, 0.25) is 0 Å². The number of carbonyl (C=O) groups is 2. The zero-order valence-electron chi connectivity index (χ0n) is 43.3. The number of allylic oxidation sites excluding steroid dienone is 1. The predicted octanol–water partition coefficient (Wildman–Crippen LogP) is -3.23. The molecule has 0 radical (unpaired) electrons. The van der Waals surface area contributed by atoms with Crippen molar-refractivity contribution in [1.29, 1.82) is 0 Å². The SMILES string of the molecule is CC(=O)[C@H]1[C@@H](OC(=O)[C@@H](O)C[C@@H](C)CO[C@@H]2O[C@H](CO)[C@@H](O)[C@H](O)[C@H]2O)C[C@H]2[C@@H]3CC=C4C[C@@H](O[C@@H]5O[C@H](CO)[C@@H](O[C@@H]6O[C@@H](C)[C@H](O)[C@@H](O)[C@H]6O)[C@H](O)[C@H]5O[C@@H]5O[C@@H](C)[C@H](O)[C@@H](O)[C@H]5O)CC[C@]4(C)[C@H]3CC[C@@]21C. The number of rotatable bonds is 16. The third-order valence-electron chi connectivity index (χ3n) is 18.4. The fraction of sp³-hybridized carbons (Fsp3) is 0.922. The molecule has 0 spiro atoms. The van der Waals surface area contributed by atoms with Crippen molar-refractivity contribution in [3.63, 3.8) is 0 Å². The van der Waals surface area contributed by atoms with Gasteiger partial charge in [-0.1, -0.05) is 32.4 Å². The standard InChI is InChI=1S/C51H82O24/c1-19(18-67-46-39(62)38(61)35(58)30(16-52)72-46)13-28(55)45(66)71-29-15-27-25-8-7-23-14-24(9-11-50(23,5)26(25)10-12-51(27,6)32(29)20(2)54)70-49-44(75-48-41(64)37(60)34(57)22(4)69-48)42(65)43(31(17-53)73-49)74-47-40(63)36(59)33(56)21(3)68-47/h7,19,21-22,24-44,46-49,52-53,55-65H,8-18H2,1-6H3/t19-,21+,22+,24+,25-,26+,27+,28+,29+,30-,31-,32+,33+,34+,35-,36-,37-,38+,39-,40-,41-,42+,43-,44-,46-,47+,48+,49-,50+,51+/m1/s1. The van der Waals surface area contributed by atoms with E-state index in [9.17, 15) is 76.0 Å². The van der Waals surface area contributed by atoms with Crippen molar-refractivity contribution in [2.45, 2.75) is 234 Å². The highest BCUT2D eigenvalue weighted by molar-refractivity contribution is 5.81. The van der Waals surface area contributed by atoms with E-state index in [0.29, 0.717) is 38.5 Å². The van der Waals surface area contributed by atoms with Gasteiger partial charge in [-0.25, -0.2) is 4.79 Å². The summed E-state index contributed by atoms with van der Waals surface area (Å²) >= 11 is 0. The number of aliphatic hydroxyl groups excluding tert-OH is 13. The number of hydrogen-bond donors (Lipinski definition) is 13. The van der Waals surface area contributed by atoms with Crippen LogP contribution in [0.4, 0.5) is 0 Å². The molecule has 75 heavy (non-hydrogen) atoms. The van der Waals surface area contributed by atoms with E-state index in [1.807, 2.05) is 0 Å². The molecular weight excluding hydrogens is 997 g/mol. The van der Waals surface area contributed by atoms with E-state index in [0.717, 1.165) is 12.0 Å². The lowest BCUT2D eigenvalue weighted by Crippen LogP contribution is -2.66. The molecule has 13 N–H and O–H groups in total. The minimum absolute atomic E-state index is 0.00784. The molecule has 4 saturated heterocycles. The minimum Gasteiger partial charge on any atom is -0.460 e. The van der Waals surface area contributed by atoms with Gasteiger partial charge in [0, 0.05) is 0 Å². The molecule has 430 valence electrons. The van der Waals surface area contributed by atoms with E-state index >= 15 is 0 Å². The maximum atomic E-state index is 13.6. The average molecular weight is 1080 g/mol. The van der Waals surface area contributed by atoms with E-state index in [4.69, 9.17) is 42.6 Å². The van der Waals surface area contributed by atoms with E-state index in [2.05, 4.69) is 19.9 Å². The zero-order chi connectivity index (χ0) is 54.7. The Bertz CT molecular complexity index is 1980. The van der Waals surface area contributed by atoms with Gasteiger partial charge >= 0.3 is 5.97 Å². The molecule has 0 amide bonds. The first-order valence-corrected chi connectivity index (χ1v) is 26.7. The van der Waals surface area contributed by atoms with Crippen LogP contribution in [0, 0.1) is 40.4 Å². The number of ketones is 1. The molecule has 8 aliphatic rings. The first-order chi connectivity index (χ1) is 35.3. The first-order valence-electron chi connectivity index (χ1n) is 26.7. The molecule has 4 heterocycles. The molecular formula is C51H82O24. The van der Waals surface area contributed by atoms with Crippen LogP contribution < -0.4 is 0 Å². The van der Waals surface area contributed by atoms with Gasteiger partial charge in [0.15, 0.2) is 31.3 Å². The summed E-state index contributed by atoms with van der Waals surface area (Å²) in [6.45, 7) is 8.96. The third kappa shape index (κ3) is 11.4. The number of esters is 1. The highest BCUT2D eigenvalue weighted by Gasteiger charge is 2.64. The van der Waals surface area contributed by atoms with Gasteiger partial charge in [0.25, 0.3) is 0 Å². The number of hydrogen-bond acceptors (Lipinski definition) is 24. The van der Waals surface area contributed by atoms with Crippen molar-refractivity contribution in [2.24, 2.45) is 40.4 Å². The van der Waals surface area contributed by atoms with Gasteiger partial charge in [-0.2, -0.15) is 0 Å². The van der Waals surface area contributed by atoms with Gasteiger partial charge in [-0.3, -0.25) is 4.79 Å². The molecule has 3 saturated carbocycles. The molecule has 8 rings (SSSR count). The van der Waals surface area contributed by atoms with Crippen LogP contribution in [0.2, 0.25) is 0 Å². The molecule has 4 aliphatic carbocycles. The number of carbonyl (C=O) groups excluding carboxylic acids is 2. The van der Waals surface area contributed by atoms with Crippen LogP contribution in [0.3, 0.4) is 0 Å². The Morgan fingerprint density at radius 3 is 1.85 bits per heavy atom. The van der Waals surface area contributed by atoms with Crippen LogP contribution in [0.5, 0.6) is 0 Å². The monoisotopic (exact) mass is 1080 g/mol. The fourth-order valence-electron chi connectivity index (χ4n) is 14.0. The molecule has 30 atom stereocenters. The number of aliphatic hydroxyl groups is 13. The lowest BCUT2D eigenvalue weighted by Gasteiger charge is -2.58. The van der Waals surface area contributed by atoms with Crippen molar-refractivity contribution in [3.8, 4) is 0 Å². The first kappa shape index (κ1) is 59.2. The van der Waals surface area contributed by atoms with Gasteiger partial charge in [-0.15, -0.1) is 0 Å². The molecule has 7 fully saturated rings. The molecule has 24 nitrogen and oxygen atoms in total. The normalized spacial score (nSPS) is 50.9. The maximum Gasteiger partial charge on any atom is 0.335 e. The smallest absolute Gasteiger partial charge is 0.335 e. The molecule has 0 aromatic carbocycles. The van der Waals surface area contributed by atoms with E-state index in [-0.39, 0.29) is 42.0 Å². The summed E-state index contributed by atoms with van der Waals surface area (Å²) in [5.41, 5.74) is 0.343. The second-order valence-corrected chi connectivity index (χ2v) is 23.3. The van der Waals surface area contributed by atoms with Gasteiger partial charge in [-0.05, 0) is 107 Å². The Morgan fingerprint density at radius 1 is 0.680 bits per heavy atom. The molecule has 0 bridgehead atoms. The summed E-state index contributed by atoms with van der Waals surface area (Å²) in [5, 5.41) is 137. The summed E-state index contributed by atoms with van der Waals surface area (Å²) in [7, 11) is 0. The van der Waals surface area contributed by atoms with Crippen LogP contribution in [0.15, 0.2) is 11.6 Å². The van der Waals surface area contributed by atoms with Crippen LogP contribution in [0.25, 0.3) is 0 Å². The molecule has 0 aromatic heterocycles. The summed E-state index contributed by atoms with van der Waals surface area (Å²) in [5.74, 6) is -1.77. The highest BCUT2D eigenvalue weighted by atomic mass is 16.8. The van der Waals surface area contributed by atoms with Crippen LogP contribution in [-0.2, 0) is 52.2 Å². The number of fused-ring (bicyclic) bond motifs is 5. The predicted molar refractivity (Wildman–Crippen MR) is 252 cm³/mol. The van der Waals surface area contributed by atoms with Gasteiger partial charge < -0.3 is 109 Å². The summed E-state index contributed by atoms with van der Waals surface area (Å²) in [6, 6.07) is 0. The summed E-state index contributed by atoms with van der Waals surface area (Å²) in [6.07, 6.45) is -26.6. The van der Waals surface area contributed by atoms with Gasteiger partial charge in [0.05, 0.1) is 44.1 Å².